The van der Waals surface area contributed by atoms with Crippen molar-refractivity contribution in [3.8, 4) is 0 Å². The molecule has 1 heterocycles. The fourth-order valence-electron chi connectivity index (χ4n) is 4.24. The van der Waals surface area contributed by atoms with Crippen LogP contribution in [0.1, 0.15) is 76.2 Å². The number of amides is 1. The summed E-state index contributed by atoms with van der Waals surface area (Å²) in [4.78, 5) is 12.6. The van der Waals surface area contributed by atoms with E-state index in [9.17, 15) is 13.2 Å². The second kappa shape index (κ2) is 10.4. The first kappa shape index (κ1) is 21.3. The van der Waals surface area contributed by atoms with Gasteiger partial charge in [0, 0.05) is 25.6 Å². The summed E-state index contributed by atoms with van der Waals surface area (Å²) >= 11 is 0. The van der Waals surface area contributed by atoms with E-state index in [1.54, 1.807) is 16.4 Å². The highest BCUT2D eigenvalue weighted by atomic mass is 32.2. The van der Waals surface area contributed by atoms with Crippen molar-refractivity contribution >= 4 is 15.9 Å². The van der Waals surface area contributed by atoms with E-state index >= 15 is 0 Å². The average molecular weight is 407 g/mol. The van der Waals surface area contributed by atoms with Crippen LogP contribution in [0.15, 0.2) is 29.2 Å². The van der Waals surface area contributed by atoms with Crippen molar-refractivity contribution in [2.75, 3.05) is 13.1 Å². The van der Waals surface area contributed by atoms with Crippen LogP contribution in [0.5, 0.6) is 0 Å². The maximum absolute atomic E-state index is 12.8. The van der Waals surface area contributed by atoms with Gasteiger partial charge in [0.05, 0.1) is 4.90 Å². The number of sulfonamides is 1. The number of carbonyl (C=O) groups is 1. The number of benzene rings is 1. The van der Waals surface area contributed by atoms with Crippen molar-refractivity contribution in [2.24, 2.45) is 0 Å². The third kappa shape index (κ3) is 6.05. The quantitative estimate of drug-likeness (QED) is 0.726. The molecule has 6 heteroatoms. The van der Waals surface area contributed by atoms with Crippen LogP contribution in [-0.2, 0) is 21.2 Å². The zero-order valence-electron chi connectivity index (χ0n) is 16.9. The lowest BCUT2D eigenvalue weighted by molar-refractivity contribution is -0.121. The number of carbonyl (C=O) groups excluding carboxylic acids is 1. The average Bonchev–Trinajstić information content (AvgIpc) is 3.12. The Morgan fingerprint density at radius 2 is 1.46 bits per heavy atom. The Bertz CT molecular complexity index is 715. The summed E-state index contributed by atoms with van der Waals surface area (Å²) in [5, 5.41) is 3.17. The zero-order valence-corrected chi connectivity index (χ0v) is 17.7. The number of hydrogen-bond acceptors (Lipinski definition) is 3. The van der Waals surface area contributed by atoms with Gasteiger partial charge in [-0.2, -0.15) is 4.31 Å². The van der Waals surface area contributed by atoms with E-state index in [0.717, 1.165) is 44.1 Å². The molecule has 1 saturated heterocycles. The first-order valence-electron chi connectivity index (χ1n) is 10.9. The molecule has 1 aliphatic carbocycles. The maximum atomic E-state index is 12.8. The summed E-state index contributed by atoms with van der Waals surface area (Å²) in [7, 11) is -3.40. The number of hydrogen-bond donors (Lipinski definition) is 1. The molecule has 0 atom stereocenters. The Morgan fingerprint density at radius 3 is 2.07 bits per heavy atom. The Balaban J connectivity index is 1.51. The minimum atomic E-state index is -3.40. The molecule has 1 aromatic carbocycles. The molecule has 1 aromatic rings. The van der Waals surface area contributed by atoms with Gasteiger partial charge in [-0.05, 0) is 49.8 Å². The van der Waals surface area contributed by atoms with Crippen molar-refractivity contribution in [3.05, 3.63) is 29.8 Å². The monoisotopic (exact) mass is 406 g/mol. The van der Waals surface area contributed by atoms with E-state index < -0.39 is 10.0 Å². The summed E-state index contributed by atoms with van der Waals surface area (Å²) in [6.45, 7) is 1.23. The van der Waals surface area contributed by atoms with Crippen LogP contribution in [0.25, 0.3) is 0 Å². The summed E-state index contributed by atoms with van der Waals surface area (Å²) in [6.07, 6.45) is 12.3. The molecule has 0 spiro atoms. The normalized spacial score (nSPS) is 20.3. The second-order valence-electron chi connectivity index (χ2n) is 8.22. The van der Waals surface area contributed by atoms with Gasteiger partial charge in [-0.3, -0.25) is 4.79 Å². The van der Waals surface area contributed by atoms with Gasteiger partial charge in [0.2, 0.25) is 15.9 Å². The van der Waals surface area contributed by atoms with Crippen molar-refractivity contribution in [3.63, 3.8) is 0 Å². The lowest BCUT2D eigenvalue weighted by Crippen LogP contribution is -2.34. The molecule has 1 amide bonds. The third-order valence-electron chi connectivity index (χ3n) is 5.99. The zero-order chi connectivity index (χ0) is 19.8. The molecule has 0 radical (unpaired) electrons. The molecule has 2 fully saturated rings. The lowest BCUT2D eigenvalue weighted by Gasteiger charge is -2.20. The van der Waals surface area contributed by atoms with E-state index in [0.29, 0.717) is 36.9 Å². The smallest absolute Gasteiger partial charge is 0.243 e. The topological polar surface area (TPSA) is 66.5 Å². The second-order valence-corrected chi connectivity index (χ2v) is 10.2. The van der Waals surface area contributed by atoms with Crippen molar-refractivity contribution in [1.29, 1.82) is 0 Å². The molecule has 3 rings (SSSR count). The number of aryl methyl sites for hydroxylation is 1. The van der Waals surface area contributed by atoms with Crippen molar-refractivity contribution in [2.45, 2.75) is 88.0 Å². The minimum Gasteiger partial charge on any atom is -0.353 e. The van der Waals surface area contributed by atoms with Gasteiger partial charge in [-0.15, -0.1) is 0 Å². The van der Waals surface area contributed by atoms with Gasteiger partial charge < -0.3 is 5.32 Å². The van der Waals surface area contributed by atoms with Crippen LogP contribution in [0.3, 0.4) is 0 Å². The van der Waals surface area contributed by atoms with Gasteiger partial charge >= 0.3 is 0 Å². The fraction of sp³-hybridized carbons (Fsp3) is 0.682. The van der Waals surface area contributed by atoms with Gasteiger partial charge in [-0.25, -0.2) is 8.42 Å². The third-order valence-corrected chi connectivity index (χ3v) is 7.90. The Hall–Kier alpha value is -1.40. The Kier molecular flexibility index (Phi) is 7.91. The molecule has 0 aromatic heterocycles. The van der Waals surface area contributed by atoms with Gasteiger partial charge in [0.15, 0.2) is 0 Å². The van der Waals surface area contributed by atoms with E-state index in [-0.39, 0.29) is 5.91 Å². The molecular weight excluding hydrogens is 372 g/mol. The number of rotatable bonds is 6. The molecule has 0 bridgehead atoms. The van der Waals surface area contributed by atoms with E-state index in [2.05, 4.69) is 5.32 Å². The van der Waals surface area contributed by atoms with Crippen molar-refractivity contribution in [1.82, 2.24) is 9.62 Å². The summed E-state index contributed by atoms with van der Waals surface area (Å²) < 4.78 is 27.3. The predicted octanol–water partition coefficient (Wildman–Crippen LogP) is 4.02. The van der Waals surface area contributed by atoms with E-state index in [1.807, 2.05) is 12.1 Å². The van der Waals surface area contributed by atoms with Gasteiger partial charge in [0.25, 0.3) is 0 Å². The maximum Gasteiger partial charge on any atom is 0.243 e. The predicted molar refractivity (Wildman–Crippen MR) is 112 cm³/mol. The van der Waals surface area contributed by atoms with Crippen LogP contribution in [0, 0.1) is 0 Å². The molecule has 1 saturated carbocycles. The molecule has 28 heavy (non-hydrogen) atoms. The van der Waals surface area contributed by atoms with Crippen LogP contribution < -0.4 is 5.32 Å². The largest absolute Gasteiger partial charge is 0.353 e. The highest BCUT2D eigenvalue weighted by molar-refractivity contribution is 7.89. The number of nitrogens with one attached hydrogen (secondary N) is 1. The Labute approximate surface area is 169 Å². The standard InChI is InChI=1S/C22H34N2O3S/c25-22(23-20-9-5-1-2-6-10-20)16-13-19-11-14-21(15-12-19)28(26,27)24-17-7-3-4-8-18-24/h11-12,14-15,20H,1-10,13,16-18H2,(H,23,25). The van der Waals surface area contributed by atoms with E-state index in [4.69, 9.17) is 0 Å². The van der Waals surface area contributed by atoms with Crippen molar-refractivity contribution < 1.29 is 13.2 Å². The van der Waals surface area contributed by atoms with E-state index in [1.165, 1.54) is 25.7 Å². The number of nitrogens with zero attached hydrogens (tertiary/aromatic N) is 1. The Morgan fingerprint density at radius 1 is 0.893 bits per heavy atom. The molecular formula is C22H34N2O3S. The molecule has 1 N–H and O–H groups in total. The fourth-order valence-corrected chi connectivity index (χ4v) is 5.76. The van der Waals surface area contributed by atoms with Crippen LogP contribution in [0.2, 0.25) is 0 Å². The molecule has 1 aliphatic heterocycles. The highest BCUT2D eigenvalue weighted by Crippen LogP contribution is 2.21. The van der Waals surface area contributed by atoms with Crippen LogP contribution in [-0.4, -0.2) is 37.8 Å². The van der Waals surface area contributed by atoms with Crippen LogP contribution in [0.4, 0.5) is 0 Å². The molecule has 2 aliphatic rings. The highest BCUT2D eigenvalue weighted by Gasteiger charge is 2.25. The molecule has 0 unspecified atom stereocenters. The van der Waals surface area contributed by atoms with Gasteiger partial charge in [0.1, 0.15) is 0 Å². The summed E-state index contributed by atoms with van der Waals surface area (Å²) in [6, 6.07) is 7.42. The van der Waals surface area contributed by atoms with Gasteiger partial charge in [-0.1, -0.05) is 50.7 Å². The first-order valence-corrected chi connectivity index (χ1v) is 12.4. The summed E-state index contributed by atoms with van der Waals surface area (Å²) in [5.74, 6) is 0.105. The SMILES string of the molecule is O=C(CCc1ccc(S(=O)(=O)N2CCCCCC2)cc1)NC1CCCCCC1. The lowest BCUT2D eigenvalue weighted by atomic mass is 10.1. The minimum absolute atomic E-state index is 0.105. The molecule has 5 nitrogen and oxygen atoms in total. The summed E-state index contributed by atoms with van der Waals surface area (Å²) in [5.41, 5.74) is 1.01. The first-order chi connectivity index (χ1) is 13.6. The molecule has 156 valence electrons. The van der Waals surface area contributed by atoms with Crippen LogP contribution >= 0.6 is 0 Å².